The smallest absolute Gasteiger partial charge is 0.243 e. The molecule has 21 heavy (non-hydrogen) atoms. The van der Waals surface area contributed by atoms with Gasteiger partial charge in [-0.2, -0.15) is 4.31 Å². The molecule has 0 bridgehead atoms. The van der Waals surface area contributed by atoms with Gasteiger partial charge in [-0.3, -0.25) is 4.90 Å². The third-order valence-corrected chi connectivity index (χ3v) is 6.55. The van der Waals surface area contributed by atoms with E-state index in [4.69, 9.17) is 6.42 Å². The van der Waals surface area contributed by atoms with Crippen LogP contribution in [-0.4, -0.2) is 49.3 Å². The fraction of sp³-hybridized carbons (Fsp3) is 0.500. The van der Waals surface area contributed by atoms with Crippen LogP contribution in [0.1, 0.15) is 25.3 Å². The van der Waals surface area contributed by atoms with Gasteiger partial charge in [-0.1, -0.05) is 5.92 Å². The molecule has 1 aliphatic heterocycles. The first-order valence-corrected chi connectivity index (χ1v) is 8.72. The summed E-state index contributed by atoms with van der Waals surface area (Å²) in [6, 6.07) is 6.54. The monoisotopic (exact) mass is 304 g/mol. The van der Waals surface area contributed by atoms with Gasteiger partial charge < -0.3 is 0 Å². The molecule has 1 saturated heterocycles. The van der Waals surface area contributed by atoms with Crippen molar-refractivity contribution in [2.75, 3.05) is 26.2 Å². The van der Waals surface area contributed by atoms with Crippen LogP contribution in [0.2, 0.25) is 0 Å². The fourth-order valence-electron chi connectivity index (χ4n) is 2.84. The van der Waals surface area contributed by atoms with Gasteiger partial charge in [-0.15, -0.1) is 6.42 Å². The van der Waals surface area contributed by atoms with E-state index in [0.717, 1.165) is 13.1 Å². The highest BCUT2D eigenvalue weighted by atomic mass is 32.2. The predicted molar refractivity (Wildman–Crippen MR) is 82.3 cm³/mol. The minimum atomic E-state index is -3.40. The van der Waals surface area contributed by atoms with E-state index in [0.29, 0.717) is 29.1 Å². The van der Waals surface area contributed by atoms with Crippen LogP contribution in [0.15, 0.2) is 29.2 Å². The number of nitrogens with zero attached hydrogens (tertiary/aromatic N) is 2. The molecule has 2 fully saturated rings. The van der Waals surface area contributed by atoms with Gasteiger partial charge in [0.05, 0.1) is 4.90 Å². The number of hydrogen-bond donors (Lipinski definition) is 0. The molecule has 3 rings (SSSR count). The van der Waals surface area contributed by atoms with Gasteiger partial charge in [0, 0.05) is 37.3 Å². The van der Waals surface area contributed by atoms with Crippen molar-refractivity contribution >= 4 is 10.0 Å². The molecule has 0 aromatic heterocycles. The topological polar surface area (TPSA) is 40.6 Å². The van der Waals surface area contributed by atoms with E-state index in [1.54, 1.807) is 28.6 Å². The summed E-state index contributed by atoms with van der Waals surface area (Å²) in [6.07, 6.45) is 7.76. The Morgan fingerprint density at radius 2 is 1.67 bits per heavy atom. The molecule has 0 radical (unpaired) electrons. The molecular formula is C16H20N2O2S. The Labute approximate surface area is 126 Å². The van der Waals surface area contributed by atoms with E-state index in [1.807, 2.05) is 0 Å². The van der Waals surface area contributed by atoms with Crippen molar-refractivity contribution in [1.29, 1.82) is 0 Å². The van der Waals surface area contributed by atoms with Crippen molar-refractivity contribution in [3.05, 3.63) is 29.8 Å². The molecule has 0 atom stereocenters. The zero-order valence-corrected chi connectivity index (χ0v) is 13.1. The summed E-state index contributed by atoms with van der Waals surface area (Å²) in [7, 11) is -3.40. The molecule has 1 saturated carbocycles. The van der Waals surface area contributed by atoms with Gasteiger partial charge in [-0.05, 0) is 44.0 Å². The first-order chi connectivity index (χ1) is 9.95. The van der Waals surface area contributed by atoms with Crippen LogP contribution in [0.25, 0.3) is 0 Å². The van der Waals surface area contributed by atoms with Gasteiger partial charge in [0.15, 0.2) is 0 Å². The molecule has 0 unspecified atom stereocenters. The maximum absolute atomic E-state index is 12.6. The number of benzene rings is 1. The molecule has 1 heterocycles. The van der Waals surface area contributed by atoms with Crippen molar-refractivity contribution in [3.63, 3.8) is 0 Å². The summed E-state index contributed by atoms with van der Waals surface area (Å²) in [4.78, 5) is 2.74. The zero-order valence-electron chi connectivity index (χ0n) is 12.2. The molecule has 2 aliphatic rings. The molecule has 1 aromatic carbocycles. The maximum Gasteiger partial charge on any atom is 0.243 e. The number of piperazine rings is 1. The zero-order chi connectivity index (χ0) is 15.1. The highest BCUT2D eigenvalue weighted by molar-refractivity contribution is 7.89. The van der Waals surface area contributed by atoms with Crippen molar-refractivity contribution in [3.8, 4) is 12.3 Å². The van der Waals surface area contributed by atoms with Crippen molar-refractivity contribution in [1.82, 2.24) is 9.21 Å². The maximum atomic E-state index is 12.6. The lowest BCUT2D eigenvalue weighted by molar-refractivity contribution is 0.132. The molecular weight excluding hydrogens is 284 g/mol. The van der Waals surface area contributed by atoms with Gasteiger partial charge in [-0.25, -0.2) is 8.42 Å². The highest BCUT2D eigenvalue weighted by Gasteiger charge is 2.44. The molecule has 4 nitrogen and oxygen atoms in total. The van der Waals surface area contributed by atoms with Gasteiger partial charge in [0.2, 0.25) is 10.0 Å². The minimum Gasteiger partial charge on any atom is -0.295 e. The van der Waals surface area contributed by atoms with Crippen molar-refractivity contribution in [2.24, 2.45) is 0 Å². The lowest BCUT2D eigenvalue weighted by Gasteiger charge is -2.37. The van der Waals surface area contributed by atoms with Crippen molar-refractivity contribution < 1.29 is 8.42 Å². The molecule has 0 spiro atoms. The van der Waals surface area contributed by atoms with E-state index < -0.39 is 10.0 Å². The first kappa shape index (κ1) is 14.6. The Hall–Kier alpha value is -1.35. The molecule has 1 aromatic rings. The number of hydrogen-bond acceptors (Lipinski definition) is 3. The average Bonchev–Trinajstić information content (AvgIpc) is 3.26. The predicted octanol–water partition coefficient (Wildman–Crippen LogP) is 1.53. The Balaban J connectivity index is 1.72. The van der Waals surface area contributed by atoms with Gasteiger partial charge in [0.25, 0.3) is 0 Å². The van der Waals surface area contributed by atoms with Crippen LogP contribution in [0.3, 0.4) is 0 Å². The third-order valence-electron chi connectivity index (χ3n) is 4.63. The SMILES string of the molecule is C#Cc1ccc(S(=O)(=O)N2CCN(C3(C)CC3)CC2)cc1. The standard InChI is InChI=1S/C16H20N2O2S/c1-3-14-4-6-15(7-5-14)21(19,20)18-12-10-17(11-13-18)16(2)8-9-16/h1,4-7H,8-13H2,2H3. The second-order valence-corrected chi connectivity index (χ2v) is 7.99. The second kappa shape index (κ2) is 5.13. The third kappa shape index (κ3) is 2.71. The van der Waals surface area contributed by atoms with E-state index in [2.05, 4.69) is 17.7 Å². The molecule has 5 heteroatoms. The fourth-order valence-corrected chi connectivity index (χ4v) is 4.26. The quantitative estimate of drug-likeness (QED) is 0.795. The Morgan fingerprint density at radius 1 is 1.10 bits per heavy atom. The second-order valence-electron chi connectivity index (χ2n) is 6.06. The molecule has 0 N–H and O–H groups in total. The molecule has 0 amide bonds. The van der Waals surface area contributed by atoms with Crippen LogP contribution in [0, 0.1) is 12.3 Å². The first-order valence-electron chi connectivity index (χ1n) is 7.28. The van der Waals surface area contributed by atoms with Crippen LogP contribution < -0.4 is 0 Å². The van der Waals surface area contributed by atoms with E-state index >= 15 is 0 Å². The normalized spacial score (nSPS) is 22.7. The molecule has 112 valence electrons. The Kier molecular flexibility index (Phi) is 3.56. The largest absolute Gasteiger partial charge is 0.295 e. The van der Waals surface area contributed by atoms with Gasteiger partial charge in [0.1, 0.15) is 0 Å². The van der Waals surface area contributed by atoms with Crippen molar-refractivity contribution in [2.45, 2.75) is 30.2 Å². The number of rotatable bonds is 3. The average molecular weight is 304 g/mol. The van der Waals surface area contributed by atoms with E-state index in [1.165, 1.54) is 12.8 Å². The van der Waals surface area contributed by atoms with Crippen LogP contribution >= 0.6 is 0 Å². The van der Waals surface area contributed by atoms with Crippen LogP contribution in [0.4, 0.5) is 0 Å². The minimum absolute atomic E-state index is 0.324. The lowest BCUT2D eigenvalue weighted by Crippen LogP contribution is -2.52. The summed E-state index contributed by atoms with van der Waals surface area (Å²) in [6.45, 7) is 5.02. The van der Waals surface area contributed by atoms with Gasteiger partial charge >= 0.3 is 0 Å². The Morgan fingerprint density at radius 3 is 2.14 bits per heavy atom. The summed E-state index contributed by atoms with van der Waals surface area (Å²) < 4.78 is 26.8. The van der Waals surface area contributed by atoms with E-state index in [9.17, 15) is 8.42 Å². The number of sulfonamides is 1. The molecule has 1 aliphatic carbocycles. The highest BCUT2D eigenvalue weighted by Crippen LogP contribution is 2.41. The summed E-state index contributed by atoms with van der Waals surface area (Å²) >= 11 is 0. The van der Waals surface area contributed by atoms with Crippen LogP contribution in [-0.2, 0) is 10.0 Å². The summed E-state index contributed by atoms with van der Waals surface area (Å²) in [5, 5.41) is 0. The Bertz CT molecular complexity index is 661. The van der Waals surface area contributed by atoms with Crippen LogP contribution in [0.5, 0.6) is 0 Å². The summed E-state index contributed by atoms with van der Waals surface area (Å²) in [5.74, 6) is 2.50. The van der Waals surface area contributed by atoms with E-state index in [-0.39, 0.29) is 0 Å². The number of terminal acetylenes is 1. The lowest BCUT2D eigenvalue weighted by atomic mass is 10.2. The summed E-state index contributed by atoms with van der Waals surface area (Å²) in [5.41, 5.74) is 1.02.